The molecular weight excluding hydrogens is 214 g/mol. The number of rotatable bonds is 3. The number of carbonyl (C=O) groups is 1. The van der Waals surface area contributed by atoms with Gasteiger partial charge in [-0.25, -0.2) is 0 Å². The summed E-state index contributed by atoms with van der Waals surface area (Å²) < 4.78 is 0. The number of hydrogen-bond acceptors (Lipinski definition) is 3. The summed E-state index contributed by atoms with van der Waals surface area (Å²) in [5.41, 5.74) is 0. The van der Waals surface area contributed by atoms with Gasteiger partial charge in [-0.1, -0.05) is 12.8 Å². The van der Waals surface area contributed by atoms with Crippen LogP contribution in [0.25, 0.3) is 0 Å². The quantitative estimate of drug-likeness (QED) is 0.763. The van der Waals surface area contributed by atoms with Gasteiger partial charge in [0.1, 0.15) is 0 Å². The molecule has 2 atom stereocenters. The zero-order valence-electron chi connectivity index (χ0n) is 10.9. The summed E-state index contributed by atoms with van der Waals surface area (Å²) in [6.07, 6.45) is 6.18. The highest BCUT2D eigenvalue weighted by atomic mass is 16.2. The number of carbonyl (C=O) groups excluding carboxylic acids is 1. The predicted octanol–water partition coefficient (Wildman–Crippen LogP) is 0.729. The molecule has 0 saturated carbocycles. The van der Waals surface area contributed by atoms with Gasteiger partial charge in [-0.05, 0) is 45.8 Å². The first kappa shape index (κ1) is 12.8. The van der Waals surface area contributed by atoms with Crippen molar-refractivity contribution >= 4 is 5.91 Å². The summed E-state index contributed by atoms with van der Waals surface area (Å²) in [4.78, 5) is 14.5. The van der Waals surface area contributed by atoms with Gasteiger partial charge in [-0.15, -0.1) is 0 Å². The molecule has 2 heterocycles. The van der Waals surface area contributed by atoms with E-state index in [2.05, 4.69) is 15.5 Å². The van der Waals surface area contributed by atoms with Crippen molar-refractivity contribution in [2.45, 2.75) is 51.1 Å². The number of nitrogens with one attached hydrogen (secondary N) is 2. The van der Waals surface area contributed by atoms with Gasteiger partial charge in [0, 0.05) is 12.6 Å². The number of nitrogens with zero attached hydrogens (tertiary/aromatic N) is 1. The second-order valence-electron chi connectivity index (χ2n) is 5.32. The van der Waals surface area contributed by atoms with Crippen LogP contribution in [0.3, 0.4) is 0 Å². The molecule has 2 aliphatic heterocycles. The minimum Gasteiger partial charge on any atom is -0.351 e. The van der Waals surface area contributed by atoms with E-state index in [1.165, 1.54) is 25.7 Å². The molecule has 2 rings (SSSR count). The molecule has 0 bridgehead atoms. The van der Waals surface area contributed by atoms with Crippen LogP contribution in [0.1, 0.15) is 39.0 Å². The van der Waals surface area contributed by atoms with Gasteiger partial charge in [0.2, 0.25) is 5.91 Å². The Balaban J connectivity index is 1.80. The van der Waals surface area contributed by atoms with Crippen molar-refractivity contribution in [1.29, 1.82) is 0 Å². The van der Waals surface area contributed by atoms with Crippen LogP contribution in [0.2, 0.25) is 0 Å². The Labute approximate surface area is 104 Å². The van der Waals surface area contributed by atoms with Crippen LogP contribution in [0.15, 0.2) is 0 Å². The second kappa shape index (κ2) is 6.36. The summed E-state index contributed by atoms with van der Waals surface area (Å²) in [6.45, 7) is 6.17. The van der Waals surface area contributed by atoms with Crippen LogP contribution in [-0.4, -0.2) is 49.1 Å². The van der Waals surface area contributed by atoms with E-state index in [1.807, 2.05) is 6.92 Å². The minimum atomic E-state index is 0.0358. The molecule has 0 aromatic heterocycles. The van der Waals surface area contributed by atoms with E-state index in [9.17, 15) is 4.79 Å². The number of amides is 1. The molecular formula is C13H25N3O. The smallest absolute Gasteiger partial charge is 0.237 e. The Hall–Kier alpha value is -0.610. The standard InChI is InChI=1S/C13H25N3O/c1-11(16-8-4-2-3-5-9-16)13(17)15-12-6-7-14-10-12/h11-12,14H,2-10H2,1H3,(H,15,17). The lowest BCUT2D eigenvalue weighted by atomic mass is 10.2. The van der Waals surface area contributed by atoms with Gasteiger partial charge in [-0.3, -0.25) is 9.69 Å². The van der Waals surface area contributed by atoms with E-state index in [1.54, 1.807) is 0 Å². The Morgan fingerprint density at radius 3 is 2.59 bits per heavy atom. The predicted molar refractivity (Wildman–Crippen MR) is 68.9 cm³/mol. The SMILES string of the molecule is CC(C(=O)NC1CCNC1)N1CCCCCC1. The average molecular weight is 239 g/mol. The van der Waals surface area contributed by atoms with Crippen LogP contribution in [0.5, 0.6) is 0 Å². The molecule has 0 aromatic rings. The van der Waals surface area contributed by atoms with Gasteiger partial charge in [0.15, 0.2) is 0 Å². The van der Waals surface area contributed by atoms with E-state index in [-0.39, 0.29) is 11.9 Å². The highest BCUT2D eigenvalue weighted by Crippen LogP contribution is 2.12. The largest absolute Gasteiger partial charge is 0.351 e. The average Bonchev–Trinajstić information content (AvgIpc) is 2.68. The van der Waals surface area contributed by atoms with Gasteiger partial charge >= 0.3 is 0 Å². The van der Waals surface area contributed by atoms with Crippen molar-refractivity contribution in [1.82, 2.24) is 15.5 Å². The minimum absolute atomic E-state index is 0.0358. The van der Waals surface area contributed by atoms with E-state index < -0.39 is 0 Å². The molecule has 2 unspecified atom stereocenters. The first-order chi connectivity index (χ1) is 8.27. The molecule has 4 nitrogen and oxygen atoms in total. The highest BCUT2D eigenvalue weighted by Gasteiger charge is 2.25. The van der Waals surface area contributed by atoms with Crippen molar-refractivity contribution in [3.8, 4) is 0 Å². The maximum Gasteiger partial charge on any atom is 0.237 e. The Kier molecular flexibility index (Phi) is 4.80. The lowest BCUT2D eigenvalue weighted by Gasteiger charge is -2.27. The third-order valence-electron chi connectivity index (χ3n) is 3.97. The molecule has 17 heavy (non-hydrogen) atoms. The van der Waals surface area contributed by atoms with E-state index in [0.717, 1.165) is 32.6 Å². The fraction of sp³-hybridized carbons (Fsp3) is 0.923. The molecule has 2 fully saturated rings. The molecule has 98 valence electrons. The lowest BCUT2D eigenvalue weighted by Crippen LogP contribution is -2.49. The van der Waals surface area contributed by atoms with Crippen LogP contribution in [0.4, 0.5) is 0 Å². The molecule has 2 N–H and O–H groups in total. The zero-order chi connectivity index (χ0) is 12.1. The summed E-state index contributed by atoms with van der Waals surface area (Å²) in [7, 11) is 0. The van der Waals surface area contributed by atoms with Crippen LogP contribution < -0.4 is 10.6 Å². The van der Waals surface area contributed by atoms with Crippen molar-refractivity contribution in [2.24, 2.45) is 0 Å². The Bertz CT molecular complexity index is 243. The first-order valence-electron chi connectivity index (χ1n) is 7.02. The Morgan fingerprint density at radius 2 is 2.00 bits per heavy atom. The van der Waals surface area contributed by atoms with Gasteiger partial charge in [-0.2, -0.15) is 0 Å². The molecule has 4 heteroatoms. The molecule has 0 aromatic carbocycles. The molecule has 2 aliphatic rings. The van der Waals surface area contributed by atoms with Crippen molar-refractivity contribution < 1.29 is 4.79 Å². The number of likely N-dealkylation sites (tertiary alicyclic amines) is 1. The van der Waals surface area contributed by atoms with E-state index >= 15 is 0 Å². The summed E-state index contributed by atoms with van der Waals surface area (Å²) in [5.74, 6) is 0.209. The highest BCUT2D eigenvalue weighted by molar-refractivity contribution is 5.81. The summed E-state index contributed by atoms with van der Waals surface area (Å²) in [5, 5.41) is 6.43. The number of hydrogen-bond donors (Lipinski definition) is 2. The first-order valence-corrected chi connectivity index (χ1v) is 7.02. The molecule has 1 amide bonds. The van der Waals surface area contributed by atoms with Gasteiger partial charge in [0.05, 0.1) is 6.04 Å². The molecule has 0 aliphatic carbocycles. The van der Waals surface area contributed by atoms with Crippen LogP contribution in [-0.2, 0) is 4.79 Å². The fourth-order valence-corrected chi connectivity index (χ4v) is 2.75. The molecule has 0 spiro atoms. The third kappa shape index (κ3) is 3.68. The van der Waals surface area contributed by atoms with E-state index in [4.69, 9.17) is 0 Å². The van der Waals surface area contributed by atoms with Crippen molar-refractivity contribution in [2.75, 3.05) is 26.2 Å². The van der Waals surface area contributed by atoms with E-state index in [0.29, 0.717) is 6.04 Å². The topological polar surface area (TPSA) is 44.4 Å². The van der Waals surface area contributed by atoms with Crippen LogP contribution in [0, 0.1) is 0 Å². The summed E-state index contributed by atoms with van der Waals surface area (Å²) in [6, 6.07) is 0.380. The molecule has 0 radical (unpaired) electrons. The van der Waals surface area contributed by atoms with Gasteiger partial charge < -0.3 is 10.6 Å². The summed E-state index contributed by atoms with van der Waals surface area (Å²) >= 11 is 0. The van der Waals surface area contributed by atoms with Gasteiger partial charge in [0.25, 0.3) is 0 Å². The maximum absolute atomic E-state index is 12.1. The normalized spacial score (nSPS) is 28.6. The maximum atomic E-state index is 12.1. The third-order valence-corrected chi connectivity index (χ3v) is 3.97. The zero-order valence-corrected chi connectivity index (χ0v) is 10.9. The fourth-order valence-electron chi connectivity index (χ4n) is 2.75. The molecule has 2 saturated heterocycles. The van der Waals surface area contributed by atoms with Crippen molar-refractivity contribution in [3.05, 3.63) is 0 Å². The Morgan fingerprint density at radius 1 is 1.29 bits per heavy atom. The second-order valence-corrected chi connectivity index (χ2v) is 5.32. The lowest BCUT2D eigenvalue weighted by molar-refractivity contribution is -0.126. The van der Waals surface area contributed by atoms with Crippen LogP contribution >= 0.6 is 0 Å². The van der Waals surface area contributed by atoms with Crippen molar-refractivity contribution in [3.63, 3.8) is 0 Å². The monoisotopic (exact) mass is 239 g/mol.